The summed E-state index contributed by atoms with van der Waals surface area (Å²) in [6.07, 6.45) is 4.11. The highest BCUT2D eigenvalue weighted by molar-refractivity contribution is 6.32. The van der Waals surface area contributed by atoms with Crippen molar-refractivity contribution in [1.82, 2.24) is 15.3 Å². The fraction of sp³-hybridized carbons (Fsp3) is 0.318. The largest absolute Gasteiger partial charge is 0.471 e. The summed E-state index contributed by atoms with van der Waals surface area (Å²) < 4.78 is 15.9. The second-order valence-electron chi connectivity index (χ2n) is 7.23. The number of rotatable bonds is 7. The van der Waals surface area contributed by atoms with Crippen molar-refractivity contribution in [3.8, 4) is 5.88 Å². The average Bonchev–Trinajstić information content (AvgIpc) is 3.44. The Kier molecular flexibility index (Phi) is 6.39. The first-order valence-corrected chi connectivity index (χ1v) is 10.3. The van der Waals surface area contributed by atoms with Crippen LogP contribution in [0, 0.1) is 0 Å². The number of pyridine rings is 1. The summed E-state index contributed by atoms with van der Waals surface area (Å²) in [5.41, 5.74) is 2.06. The lowest BCUT2D eigenvalue weighted by atomic mass is 10.0. The van der Waals surface area contributed by atoms with Crippen LogP contribution in [0.25, 0.3) is 10.9 Å². The van der Waals surface area contributed by atoms with E-state index in [0.29, 0.717) is 13.2 Å². The average molecular weight is 444 g/mol. The highest BCUT2D eigenvalue weighted by atomic mass is 35.5. The number of fused-ring (bicyclic) bond motifs is 1. The molecule has 0 radical (unpaired) electrons. The van der Waals surface area contributed by atoms with Crippen LogP contribution in [0.2, 0.25) is 5.02 Å². The molecule has 162 valence electrons. The summed E-state index contributed by atoms with van der Waals surface area (Å²) in [6.45, 7) is 1.11. The minimum absolute atomic E-state index is 0.107. The summed E-state index contributed by atoms with van der Waals surface area (Å²) >= 11 is 6.25. The minimum atomic E-state index is -0.873. The maximum atomic E-state index is 12.8. The maximum Gasteiger partial charge on any atom is 0.328 e. The zero-order valence-corrected chi connectivity index (χ0v) is 17.6. The Balaban J connectivity index is 1.48. The first-order valence-electron chi connectivity index (χ1n) is 9.88. The van der Waals surface area contributed by atoms with Crippen molar-refractivity contribution in [1.29, 1.82) is 0 Å². The number of halogens is 1. The van der Waals surface area contributed by atoms with Gasteiger partial charge in [-0.3, -0.25) is 4.79 Å². The molecule has 31 heavy (non-hydrogen) atoms. The fourth-order valence-corrected chi connectivity index (χ4v) is 3.71. The molecule has 3 heterocycles. The second kappa shape index (κ2) is 9.36. The van der Waals surface area contributed by atoms with Gasteiger partial charge >= 0.3 is 5.97 Å². The van der Waals surface area contributed by atoms with Crippen LogP contribution in [0.5, 0.6) is 5.88 Å². The third-order valence-corrected chi connectivity index (χ3v) is 5.40. The number of methoxy groups -OCH3 is 1. The van der Waals surface area contributed by atoms with Crippen LogP contribution in [0.1, 0.15) is 22.3 Å². The van der Waals surface area contributed by atoms with Crippen LogP contribution in [0.4, 0.5) is 0 Å². The molecule has 1 fully saturated rings. The molecule has 1 aliphatic rings. The first-order chi connectivity index (χ1) is 15.0. The van der Waals surface area contributed by atoms with Gasteiger partial charge in [-0.05, 0) is 17.7 Å². The van der Waals surface area contributed by atoms with Crippen molar-refractivity contribution < 1.29 is 23.8 Å². The summed E-state index contributed by atoms with van der Waals surface area (Å²) in [5.74, 6) is -0.781. The monoisotopic (exact) mass is 443 g/mol. The normalized spacial score (nSPS) is 16.8. The number of hydrogen-bond donors (Lipinski definition) is 2. The van der Waals surface area contributed by atoms with Crippen LogP contribution >= 0.6 is 11.6 Å². The minimum Gasteiger partial charge on any atom is -0.471 e. The molecule has 2 aromatic heterocycles. The van der Waals surface area contributed by atoms with Crippen molar-refractivity contribution in [2.75, 3.05) is 20.3 Å². The molecule has 3 aromatic rings. The van der Waals surface area contributed by atoms with E-state index in [-0.39, 0.29) is 29.0 Å². The van der Waals surface area contributed by atoms with Crippen LogP contribution in [0.3, 0.4) is 0 Å². The third kappa shape index (κ3) is 4.81. The number of aromatic amines is 1. The molecule has 1 aromatic carbocycles. The van der Waals surface area contributed by atoms with Crippen LogP contribution in [-0.4, -0.2) is 54.3 Å². The standard InChI is InChI=1S/C22H22ClN3O5/c1-29-22(28)19(9-13-10-24-18-5-3-2-4-16(13)18)26-20(27)14-8-17(23)21(25-11-14)31-15-6-7-30-12-15/h2-5,8,10-11,15,19,24H,6-7,9,12H2,1H3,(H,26,27). The Morgan fingerprint density at radius 1 is 1.39 bits per heavy atom. The van der Waals surface area contributed by atoms with Crippen LogP contribution in [-0.2, 0) is 20.7 Å². The SMILES string of the molecule is COC(=O)C(Cc1c[nH]c2ccccc12)NC(=O)c1cnc(OC2CCOC2)c(Cl)c1. The van der Waals surface area contributed by atoms with Gasteiger partial charge in [0.2, 0.25) is 5.88 Å². The van der Waals surface area contributed by atoms with E-state index in [9.17, 15) is 9.59 Å². The number of carbonyl (C=O) groups excluding carboxylic acids is 2. The molecular formula is C22H22ClN3O5. The van der Waals surface area contributed by atoms with E-state index in [4.69, 9.17) is 25.8 Å². The molecule has 0 bridgehead atoms. The number of esters is 1. The van der Waals surface area contributed by atoms with Gasteiger partial charge in [0.25, 0.3) is 5.91 Å². The molecule has 1 saturated heterocycles. The molecule has 2 unspecified atom stereocenters. The van der Waals surface area contributed by atoms with E-state index in [1.165, 1.54) is 19.4 Å². The van der Waals surface area contributed by atoms with Crippen molar-refractivity contribution >= 4 is 34.4 Å². The molecule has 2 atom stereocenters. The van der Waals surface area contributed by atoms with Gasteiger partial charge in [0.05, 0.1) is 25.9 Å². The molecule has 1 amide bonds. The Labute approximate surface area is 183 Å². The van der Waals surface area contributed by atoms with Gasteiger partial charge in [-0.15, -0.1) is 0 Å². The van der Waals surface area contributed by atoms with Crippen molar-refractivity contribution in [2.24, 2.45) is 0 Å². The number of benzene rings is 1. The van der Waals surface area contributed by atoms with E-state index in [1.807, 2.05) is 30.5 Å². The molecule has 4 rings (SSSR count). The topological polar surface area (TPSA) is 103 Å². The van der Waals surface area contributed by atoms with Gasteiger partial charge in [-0.1, -0.05) is 29.8 Å². The van der Waals surface area contributed by atoms with Gasteiger partial charge < -0.3 is 24.5 Å². The van der Waals surface area contributed by atoms with E-state index < -0.39 is 17.9 Å². The number of carbonyl (C=O) groups is 2. The van der Waals surface area contributed by atoms with E-state index in [1.54, 1.807) is 0 Å². The van der Waals surface area contributed by atoms with Gasteiger partial charge in [-0.25, -0.2) is 9.78 Å². The Hall–Kier alpha value is -3.10. The number of H-pyrrole nitrogens is 1. The molecule has 9 heteroatoms. The summed E-state index contributed by atoms with van der Waals surface area (Å²) in [6, 6.07) is 8.33. The Morgan fingerprint density at radius 2 is 2.23 bits per heavy atom. The highest BCUT2D eigenvalue weighted by Gasteiger charge is 2.25. The van der Waals surface area contributed by atoms with Crippen LogP contribution < -0.4 is 10.1 Å². The number of amides is 1. The van der Waals surface area contributed by atoms with Gasteiger partial charge in [0.15, 0.2) is 0 Å². The zero-order valence-electron chi connectivity index (χ0n) is 16.9. The van der Waals surface area contributed by atoms with Gasteiger partial charge in [0.1, 0.15) is 17.2 Å². The lowest BCUT2D eigenvalue weighted by Crippen LogP contribution is -2.43. The molecule has 2 N–H and O–H groups in total. The Morgan fingerprint density at radius 3 is 2.97 bits per heavy atom. The predicted molar refractivity (Wildman–Crippen MR) is 114 cm³/mol. The van der Waals surface area contributed by atoms with Crippen molar-refractivity contribution in [2.45, 2.75) is 25.0 Å². The van der Waals surface area contributed by atoms with E-state index in [2.05, 4.69) is 15.3 Å². The molecule has 0 aliphatic carbocycles. The lowest BCUT2D eigenvalue weighted by Gasteiger charge is -2.17. The van der Waals surface area contributed by atoms with Crippen molar-refractivity contribution in [3.05, 3.63) is 58.9 Å². The van der Waals surface area contributed by atoms with Gasteiger partial charge in [-0.2, -0.15) is 0 Å². The summed E-state index contributed by atoms with van der Waals surface area (Å²) in [4.78, 5) is 32.4. The number of hydrogen-bond acceptors (Lipinski definition) is 6. The van der Waals surface area contributed by atoms with Crippen LogP contribution in [0.15, 0.2) is 42.7 Å². The number of ether oxygens (including phenoxy) is 3. The molecule has 8 nitrogen and oxygen atoms in total. The van der Waals surface area contributed by atoms with E-state index in [0.717, 1.165) is 22.9 Å². The summed E-state index contributed by atoms with van der Waals surface area (Å²) in [5, 5.41) is 3.91. The quantitative estimate of drug-likeness (QED) is 0.544. The lowest BCUT2D eigenvalue weighted by molar-refractivity contribution is -0.142. The predicted octanol–water partition coefficient (Wildman–Crippen LogP) is 2.90. The third-order valence-electron chi connectivity index (χ3n) is 5.13. The fourth-order valence-electron chi connectivity index (χ4n) is 3.50. The second-order valence-corrected chi connectivity index (χ2v) is 7.63. The first kappa shape index (κ1) is 21.1. The number of nitrogens with zero attached hydrogens (tertiary/aromatic N) is 1. The van der Waals surface area contributed by atoms with Crippen molar-refractivity contribution in [3.63, 3.8) is 0 Å². The highest BCUT2D eigenvalue weighted by Crippen LogP contribution is 2.25. The summed E-state index contributed by atoms with van der Waals surface area (Å²) in [7, 11) is 1.29. The number of nitrogens with one attached hydrogen (secondary N) is 2. The molecule has 0 spiro atoms. The zero-order chi connectivity index (χ0) is 21.8. The smallest absolute Gasteiger partial charge is 0.328 e. The molecular weight excluding hydrogens is 422 g/mol. The Bertz CT molecular complexity index is 1090. The number of para-hydroxylation sites is 1. The number of aromatic nitrogens is 2. The molecule has 1 aliphatic heterocycles. The maximum absolute atomic E-state index is 12.8. The van der Waals surface area contributed by atoms with E-state index >= 15 is 0 Å². The molecule has 0 saturated carbocycles. The van der Waals surface area contributed by atoms with Gasteiger partial charge in [0, 0.05) is 36.1 Å².